The molecule has 1 aromatic carbocycles. The average Bonchev–Trinajstić information content (AvgIpc) is 2.87. The number of nitriles is 1. The van der Waals surface area contributed by atoms with E-state index in [4.69, 9.17) is 10.00 Å². The zero-order chi connectivity index (χ0) is 18.4. The van der Waals surface area contributed by atoms with E-state index in [9.17, 15) is 9.59 Å². The number of ether oxygens (including phenoxy) is 1. The number of hydrogen-bond donors (Lipinski definition) is 2. The molecule has 2 aromatic rings. The van der Waals surface area contributed by atoms with Crippen LogP contribution < -0.4 is 10.6 Å². The van der Waals surface area contributed by atoms with Crippen LogP contribution in [0, 0.1) is 25.2 Å². The Hall–Kier alpha value is -2.85. The minimum Gasteiger partial charge on any atom is -0.462 e. The Kier molecular flexibility index (Phi) is 6.14. The Labute approximate surface area is 150 Å². The number of carbonyl (C=O) groups excluding carboxylic acids is 2. The zero-order valence-electron chi connectivity index (χ0n) is 14.3. The fourth-order valence-corrected chi connectivity index (χ4v) is 3.28. The zero-order valence-corrected chi connectivity index (χ0v) is 15.1. The highest BCUT2D eigenvalue weighted by molar-refractivity contribution is 7.16. The first-order valence-electron chi connectivity index (χ1n) is 7.77. The third-order valence-corrected chi connectivity index (χ3v) is 4.69. The van der Waals surface area contributed by atoms with E-state index in [0.29, 0.717) is 21.8 Å². The van der Waals surface area contributed by atoms with E-state index in [1.54, 1.807) is 31.2 Å². The first-order chi connectivity index (χ1) is 12.0. The minimum absolute atomic E-state index is 0.0210. The highest BCUT2D eigenvalue weighted by atomic mass is 32.1. The van der Waals surface area contributed by atoms with Crippen molar-refractivity contribution < 1.29 is 14.3 Å². The maximum absolute atomic E-state index is 12.2. The van der Waals surface area contributed by atoms with Gasteiger partial charge in [-0.25, -0.2) is 4.79 Å². The second-order valence-electron chi connectivity index (χ2n) is 5.30. The molecule has 0 spiro atoms. The molecule has 0 aliphatic heterocycles. The number of anilines is 2. The molecule has 25 heavy (non-hydrogen) atoms. The number of thiophene rings is 1. The fraction of sp³-hybridized carbons (Fsp3) is 0.278. The molecule has 0 aliphatic rings. The van der Waals surface area contributed by atoms with E-state index >= 15 is 0 Å². The molecule has 1 aromatic heterocycles. The topological polar surface area (TPSA) is 91.2 Å². The summed E-state index contributed by atoms with van der Waals surface area (Å²) in [5.74, 6) is -0.719. The third kappa shape index (κ3) is 4.58. The molecule has 0 saturated carbocycles. The monoisotopic (exact) mass is 357 g/mol. The summed E-state index contributed by atoms with van der Waals surface area (Å²) in [5, 5.41) is 15.1. The van der Waals surface area contributed by atoms with Gasteiger partial charge in [0.15, 0.2) is 0 Å². The van der Waals surface area contributed by atoms with Crippen molar-refractivity contribution in [1.82, 2.24) is 0 Å². The summed E-state index contributed by atoms with van der Waals surface area (Å²) in [6, 6.07) is 8.91. The van der Waals surface area contributed by atoms with Gasteiger partial charge < -0.3 is 15.4 Å². The van der Waals surface area contributed by atoms with Gasteiger partial charge in [0.25, 0.3) is 0 Å². The minimum atomic E-state index is -0.436. The molecule has 0 unspecified atom stereocenters. The SMILES string of the molecule is CCOC(=O)c1c(NC(=O)CNc2cccc(C#N)c2)sc(C)c1C. The van der Waals surface area contributed by atoms with Gasteiger partial charge in [-0.1, -0.05) is 6.07 Å². The molecule has 2 rings (SSSR count). The molecular formula is C18H19N3O3S. The summed E-state index contributed by atoms with van der Waals surface area (Å²) >= 11 is 1.35. The Bertz CT molecular complexity index is 837. The maximum atomic E-state index is 12.2. The Balaban J connectivity index is 2.06. The van der Waals surface area contributed by atoms with Crippen molar-refractivity contribution in [2.24, 2.45) is 0 Å². The molecule has 0 bridgehead atoms. The first kappa shape index (κ1) is 18.5. The second kappa shape index (κ2) is 8.31. The van der Waals surface area contributed by atoms with E-state index in [0.717, 1.165) is 10.4 Å². The summed E-state index contributed by atoms with van der Waals surface area (Å²) < 4.78 is 5.07. The number of carbonyl (C=O) groups is 2. The highest BCUT2D eigenvalue weighted by Crippen LogP contribution is 2.33. The van der Waals surface area contributed by atoms with Crippen LogP contribution in [-0.2, 0) is 9.53 Å². The number of benzene rings is 1. The van der Waals surface area contributed by atoms with Gasteiger partial charge in [0.2, 0.25) is 5.91 Å². The van der Waals surface area contributed by atoms with Crippen LogP contribution in [0.25, 0.3) is 0 Å². The molecule has 1 heterocycles. The standard InChI is InChI=1S/C18H19N3O3S/c1-4-24-18(23)16-11(2)12(3)25-17(16)21-15(22)10-20-14-7-5-6-13(8-14)9-19/h5-8,20H,4,10H2,1-3H3,(H,21,22). The lowest BCUT2D eigenvalue weighted by atomic mass is 10.1. The molecule has 1 amide bonds. The van der Waals surface area contributed by atoms with Crippen LogP contribution in [0.4, 0.5) is 10.7 Å². The van der Waals surface area contributed by atoms with Crippen molar-refractivity contribution in [3.63, 3.8) is 0 Å². The number of aryl methyl sites for hydroxylation is 1. The van der Waals surface area contributed by atoms with E-state index < -0.39 is 5.97 Å². The van der Waals surface area contributed by atoms with Crippen molar-refractivity contribution in [2.75, 3.05) is 23.8 Å². The van der Waals surface area contributed by atoms with Crippen LogP contribution in [0.3, 0.4) is 0 Å². The van der Waals surface area contributed by atoms with Crippen molar-refractivity contribution in [2.45, 2.75) is 20.8 Å². The predicted octanol–water partition coefficient (Wildman–Crippen LogP) is 3.46. The van der Waals surface area contributed by atoms with Crippen molar-refractivity contribution in [3.8, 4) is 6.07 Å². The second-order valence-corrected chi connectivity index (χ2v) is 6.53. The number of amides is 1. The molecule has 130 valence electrons. The smallest absolute Gasteiger partial charge is 0.341 e. The molecule has 7 heteroatoms. The molecule has 0 saturated heterocycles. The van der Waals surface area contributed by atoms with Gasteiger partial charge in [-0.3, -0.25) is 4.79 Å². The van der Waals surface area contributed by atoms with Gasteiger partial charge in [0, 0.05) is 10.6 Å². The molecular weight excluding hydrogens is 338 g/mol. The number of hydrogen-bond acceptors (Lipinski definition) is 6. The Morgan fingerprint density at radius 1 is 1.32 bits per heavy atom. The van der Waals surface area contributed by atoms with Gasteiger partial charge in [0.05, 0.1) is 30.3 Å². The fourth-order valence-electron chi connectivity index (χ4n) is 2.22. The quantitative estimate of drug-likeness (QED) is 0.773. The Morgan fingerprint density at radius 3 is 2.76 bits per heavy atom. The summed E-state index contributed by atoms with van der Waals surface area (Å²) in [6.45, 7) is 5.76. The van der Waals surface area contributed by atoms with E-state index in [1.807, 2.05) is 19.9 Å². The van der Waals surface area contributed by atoms with Crippen molar-refractivity contribution in [1.29, 1.82) is 5.26 Å². The van der Waals surface area contributed by atoms with Crippen LogP contribution in [0.15, 0.2) is 24.3 Å². The van der Waals surface area contributed by atoms with Gasteiger partial charge in [-0.05, 0) is 44.5 Å². The van der Waals surface area contributed by atoms with Gasteiger partial charge in [-0.15, -0.1) is 11.3 Å². The van der Waals surface area contributed by atoms with Crippen LogP contribution in [-0.4, -0.2) is 25.0 Å². The molecule has 6 nitrogen and oxygen atoms in total. The molecule has 2 N–H and O–H groups in total. The summed E-state index contributed by atoms with van der Waals surface area (Å²) in [5.41, 5.74) is 2.41. The Morgan fingerprint density at radius 2 is 2.08 bits per heavy atom. The van der Waals surface area contributed by atoms with Crippen LogP contribution in [0.2, 0.25) is 0 Å². The molecule has 0 atom stereocenters. The van der Waals surface area contributed by atoms with Crippen molar-refractivity contribution in [3.05, 3.63) is 45.8 Å². The molecule has 0 radical (unpaired) electrons. The normalized spacial score (nSPS) is 10.0. The van der Waals surface area contributed by atoms with Gasteiger partial charge in [-0.2, -0.15) is 5.26 Å². The number of nitrogens with zero attached hydrogens (tertiary/aromatic N) is 1. The summed E-state index contributed by atoms with van der Waals surface area (Å²) in [6.07, 6.45) is 0. The van der Waals surface area contributed by atoms with Crippen LogP contribution >= 0.6 is 11.3 Å². The first-order valence-corrected chi connectivity index (χ1v) is 8.58. The van der Waals surface area contributed by atoms with E-state index in [2.05, 4.69) is 10.6 Å². The van der Waals surface area contributed by atoms with E-state index in [1.165, 1.54) is 11.3 Å². The lowest BCUT2D eigenvalue weighted by Crippen LogP contribution is -2.22. The van der Waals surface area contributed by atoms with Crippen LogP contribution in [0.5, 0.6) is 0 Å². The van der Waals surface area contributed by atoms with E-state index in [-0.39, 0.29) is 19.1 Å². The summed E-state index contributed by atoms with van der Waals surface area (Å²) in [4.78, 5) is 25.3. The lowest BCUT2D eigenvalue weighted by Gasteiger charge is -2.09. The maximum Gasteiger partial charge on any atom is 0.341 e. The predicted molar refractivity (Wildman–Crippen MR) is 98.0 cm³/mol. The summed E-state index contributed by atoms with van der Waals surface area (Å²) in [7, 11) is 0. The molecule has 0 fully saturated rings. The van der Waals surface area contributed by atoms with Crippen molar-refractivity contribution >= 4 is 33.9 Å². The highest BCUT2D eigenvalue weighted by Gasteiger charge is 2.21. The van der Waals surface area contributed by atoms with Gasteiger partial charge in [0.1, 0.15) is 5.00 Å². The number of esters is 1. The molecule has 0 aliphatic carbocycles. The number of rotatable bonds is 6. The van der Waals surface area contributed by atoms with Crippen LogP contribution in [0.1, 0.15) is 33.3 Å². The third-order valence-electron chi connectivity index (χ3n) is 3.56. The average molecular weight is 357 g/mol. The van der Waals surface area contributed by atoms with Gasteiger partial charge >= 0.3 is 5.97 Å². The largest absolute Gasteiger partial charge is 0.462 e. The lowest BCUT2D eigenvalue weighted by molar-refractivity contribution is -0.114. The number of nitrogens with one attached hydrogen (secondary N) is 2.